The maximum atomic E-state index is 12.3. The molecule has 1 fully saturated rings. The summed E-state index contributed by atoms with van der Waals surface area (Å²) in [7, 11) is 0. The highest BCUT2D eigenvalue weighted by Crippen LogP contribution is 2.47. The third-order valence-corrected chi connectivity index (χ3v) is 4.00. The quantitative estimate of drug-likeness (QED) is 0.793. The van der Waals surface area contributed by atoms with E-state index in [2.05, 4.69) is 0 Å². The second kappa shape index (κ2) is 4.56. The van der Waals surface area contributed by atoms with Crippen molar-refractivity contribution in [2.75, 3.05) is 0 Å². The average molecular weight is 289 g/mol. The third-order valence-electron chi connectivity index (χ3n) is 4.00. The second-order valence-electron chi connectivity index (χ2n) is 6.65. The molecule has 3 unspecified atom stereocenters. The van der Waals surface area contributed by atoms with Crippen molar-refractivity contribution >= 4 is 12.0 Å². The molecule has 1 aromatic carbocycles. The third kappa shape index (κ3) is 2.21. The number of amides is 2. The van der Waals surface area contributed by atoms with Crippen LogP contribution in [0, 0.1) is 5.92 Å². The molecule has 0 aromatic heterocycles. The molecule has 5 heteroatoms. The number of hydrogen-bond donors (Lipinski definition) is 1. The lowest BCUT2D eigenvalue weighted by Gasteiger charge is -2.27. The highest BCUT2D eigenvalue weighted by Gasteiger charge is 2.55. The predicted molar refractivity (Wildman–Crippen MR) is 75.5 cm³/mol. The smallest absolute Gasteiger partial charge is 0.417 e. The van der Waals surface area contributed by atoms with Crippen molar-refractivity contribution in [2.24, 2.45) is 5.92 Å². The first kappa shape index (κ1) is 14.1. The van der Waals surface area contributed by atoms with Crippen LogP contribution in [0.5, 0.6) is 0 Å². The lowest BCUT2D eigenvalue weighted by atomic mass is 9.99. The van der Waals surface area contributed by atoms with Crippen molar-refractivity contribution in [3.63, 3.8) is 0 Å². The van der Waals surface area contributed by atoms with Crippen LogP contribution in [0.1, 0.15) is 37.9 Å². The lowest BCUT2D eigenvalue weighted by Crippen LogP contribution is -2.40. The Hall–Kier alpha value is -1.88. The summed E-state index contributed by atoms with van der Waals surface area (Å²) < 4.78 is 5.32. The van der Waals surface area contributed by atoms with Crippen molar-refractivity contribution in [3.05, 3.63) is 35.4 Å². The molecule has 3 rings (SSSR count). The van der Waals surface area contributed by atoms with Gasteiger partial charge in [0.1, 0.15) is 11.7 Å². The molecular formula is C16H19NO4. The largest absolute Gasteiger partial charge is 0.443 e. The Labute approximate surface area is 123 Å². The van der Waals surface area contributed by atoms with E-state index in [0.717, 1.165) is 16.0 Å². The highest BCUT2D eigenvalue weighted by atomic mass is 16.6. The number of carbonyl (C=O) groups excluding carboxylic acids is 2. The molecule has 2 aliphatic rings. The summed E-state index contributed by atoms with van der Waals surface area (Å²) in [6.07, 6.45) is -1.22. The van der Waals surface area contributed by atoms with Crippen LogP contribution in [0.15, 0.2) is 24.3 Å². The summed E-state index contributed by atoms with van der Waals surface area (Å²) >= 11 is 0. The first-order valence-corrected chi connectivity index (χ1v) is 7.11. The fourth-order valence-corrected chi connectivity index (χ4v) is 3.20. The van der Waals surface area contributed by atoms with E-state index in [4.69, 9.17) is 4.74 Å². The van der Waals surface area contributed by atoms with Crippen LogP contribution in [0.25, 0.3) is 0 Å². The summed E-state index contributed by atoms with van der Waals surface area (Å²) in [4.78, 5) is 25.7. The van der Waals surface area contributed by atoms with Crippen LogP contribution >= 0.6 is 0 Å². The van der Waals surface area contributed by atoms with Crippen molar-refractivity contribution in [3.8, 4) is 0 Å². The van der Waals surface area contributed by atoms with E-state index in [1.54, 1.807) is 20.8 Å². The van der Waals surface area contributed by atoms with Gasteiger partial charge in [-0.3, -0.25) is 4.79 Å². The van der Waals surface area contributed by atoms with Gasteiger partial charge in [-0.1, -0.05) is 24.3 Å². The number of benzene rings is 1. The molecule has 1 N–H and O–H groups in total. The maximum absolute atomic E-state index is 12.3. The van der Waals surface area contributed by atoms with Crippen LogP contribution in [-0.2, 0) is 16.0 Å². The molecule has 3 atom stereocenters. The molecular weight excluding hydrogens is 270 g/mol. The molecule has 1 aliphatic carbocycles. The molecule has 5 nitrogen and oxygen atoms in total. The van der Waals surface area contributed by atoms with Crippen molar-refractivity contribution < 1.29 is 19.4 Å². The van der Waals surface area contributed by atoms with Gasteiger partial charge < -0.3 is 9.84 Å². The maximum Gasteiger partial charge on any atom is 0.417 e. The first-order valence-electron chi connectivity index (χ1n) is 7.11. The number of likely N-dealkylation sites (tertiary alicyclic amines) is 1. The molecule has 1 aliphatic heterocycles. The van der Waals surface area contributed by atoms with E-state index in [1.165, 1.54) is 0 Å². The van der Waals surface area contributed by atoms with Gasteiger partial charge in [0.15, 0.2) is 0 Å². The van der Waals surface area contributed by atoms with Gasteiger partial charge in [0, 0.05) is 5.92 Å². The van der Waals surface area contributed by atoms with Gasteiger partial charge in [0.25, 0.3) is 5.91 Å². The van der Waals surface area contributed by atoms with E-state index in [-0.39, 0.29) is 5.92 Å². The number of carbonyl (C=O) groups is 2. The molecule has 21 heavy (non-hydrogen) atoms. The van der Waals surface area contributed by atoms with Crippen LogP contribution in [-0.4, -0.2) is 33.7 Å². The molecule has 1 heterocycles. The van der Waals surface area contributed by atoms with E-state index < -0.39 is 29.7 Å². The number of aliphatic hydroxyl groups excluding tert-OH is 1. The zero-order valence-electron chi connectivity index (χ0n) is 12.4. The highest BCUT2D eigenvalue weighted by molar-refractivity contribution is 5.97. The molecule has 0 spiro atoms. The zero-order chi connectivity index (χ0) is 15.4. The van der Waals surface area contributed by atoms with E-state index >= 15 is 0 Å². The fraction of sp³-hybridized carbons (Fsp3) is 0.500. The van der Waals surface area contributed by atoms with Crippen LogP contribution in [0.3, 0.4) is 0 Å². The minimum absolute atomic E-state index is 0.276. The zero-order valence-corrected chi connectivity index (χ0v) is 12.4. The predicted octanol–water partition coefficient (Wildman–Crippen LogP) is 2.04. The van der Waals surface area contributed by atoms with Gasteiger partial charge in [-0.2, -0.15) is 0 Å². The summed E-state index contributed by atoms with van der Waals surface area (Å²) in [5.74, 6) is -0.837. The minimum atomic E-state index is -1.14. The van der Waals surface area contributed by atoms with Crippen molar-refractivity contribution in [1.29, 1.82) is 0 Å². The molecule has 112 valence electrons. The number of hydrogen-bond acceptors (Lipinski definition) is 4. The summed E-state index contributed by atoms with van der Waals surface area (Å²) in [6.45, 7) is 5.26. The summed E-state index contributed by atoms with van der Waals surface area (Å²) in [5.41, 5.74) is 1.32. The number of nitrogens with zero attached hydrogens (tertiary/aromatic N) is 1. The Bertz CT molecular complexity index is 605. The Morgan fingerprint density at radius 2 is 2.00 bits per heavy atom. The Morgan fingerprint density at radius 3 is 2.67 bits per heavy atom. The van der Waals surface area contributed by atoms with Gasteiger partial charge in [-0.25, -0.2) is 9.69 Å². The van der Waals surface area contributed by atoms with Crippen LogP contribution < -0.4 is 0 Å². The average Bonchev–Trinajstić information content (AvgIpc) is 2.85. The Balaban J connectivity index is 1.97. The minimum Gasteiger partial charge on any atom is -0.443 e. The Morgan fingerprint density at radius 1 is 1.33 bits per heavy atom. The topological polar surface area (TPSA) is 66.8 Å². The number of ether oxygens (including phenoxy) is 1. The number of aliphatic hydroxyl groups is 1. The molecule has 0 saturated carbocycles. The van der Waals surface area contributed by atoms with Gasteiger partial charge >= 0.3 is 6.09 Å². The fourth-order valence-electron chi connectivity index (χ4n) is 3.20. The molecule has 0 bridgehead atoms. The first-order chi connectivity index (χ1) is 9.79. The van der Waals surface area contributed by atoms with Crippen molar-refractivity contribution in [1.82, 2.24) is 4.90 Å². The van der Waals surface area contributed by atoms with Gasteiger partial charge in [-0.05, 0) is 38.3 Å². The van der Waals surface area contributed by atoms with Gasteiger partial charge in [0.2, 0.25) is 0 Å². The summed E-state index contributed by atoms with van der Waals surface area (Å²) in [6, 6.07) is 7.26. The van der Waals surface area contributed by atoms with Crippen LogP contribution in [0.2, 0.25) is 0 Å². The number of imide groups is 1. The van der Waals surface area contributed by atoms with Crippen LogP contribution in [0.4, 0.5) is 4.79 Å². The van der Waals surface area contributed by atoms with Gasteiger partial charge in [-0.15, -0.1) is 0 Å². The number of fused-ring (bicyclic) bond motifs is 3. The lowest BCUT2D eigenvalue weighted by molar-refractivity contribution is -0.135. The van der Waals surface area contributed by atoms with E-state index in [0.29, 0.717) is 6.42 Å². The molecule has 0 radical (unpaired) electrons. The van der Waals surface area contributed by atoms with Crippen molar-refractivity contribution in [2.45, 2.75) is 44.9 Å². The Kier molecular flexibility index (Phi) is 3.06. The van der Waals surface area contributed by atoms with Gasteiger partial charge in [0.05, 0.1) is 6.04 Å². The van der Waals surface area contributed by atoms with E-state index in [1.807, 2.05) is 24.3 Å². The SMILES string of the molecule is CC(C)(C)OC(=O)N1C(=O)C(O)C2Cc3ccccc3C21. The normalized spacial score (nSPS) is 27.5. The number of rotatable bonds is 0. The molecule has 1 saturated heterocycles. The molecule has 2 amide bonds. The summed E-state index contributed by atoms with van der Waals surface area (Å²) in [5, 5.41) is 10.2. The monoisotopic (exact) mass is 289 g/mol. The molecule has 1 aromatic rings. The second-order valence-corrected chi connectivity index (χ2v) is 6.65. The standard InChI is InChI=1S/C16H19NO4/c1-16(2,3)21-15(20)17-12-10-7-5-4-6-9(10)8-11(12)13(18)14(17)19/h4-7,11-13,18H,8H2,1-3H3. The van der Waals surface area contributed by atoms with E-state index in [9.17, 15) is 14.7 Å².